The molecule has 0 aromatic carbocycles. The van der Waals surface area contributed by atoms with E-state index < -0.39 is 0 Å². The maximum Gasteiger partial charge on any atom is 0.141 e. The van der Waals surface area contributed by atoms with Crippen molar-refractivity contribution in [2.45, 2.75) is 50.1 Å². The van der Waals surface area contributed by atoms with Crippen LogP contribution in [0.4, 0.5) is 0 Å². The lowest BCUT2D eigenvalue weighted by Gasteiger charge is -2.33. The Kier molecular flexibility index (Phi) is 4.85. The number of aryl methyl sites for hydroxylation is 1. The molecule has 25 heavy (non-hydrogen) atoms. The number of hydrogen-bond acceptors (Lipinski definition) is 5. The molecule has 136 valence electrons. The molecule has 1 aliphatic carbocycles. The fraction of sp³-hybridized carbons (Fsp3) is 0.722. The summed E-state index contributed by atoms with van der Waals surface area (Å²) in [7, 11) is 4.29. The molecule has 4 rings (SSSR count). The van der Waals surface area contributed by atoms with Crippen molar-refractivity contribution >= 4 is 0 Å². The van der Waals surface area contributed by atoms with Gasteiger partial charge in [0.15, 0.2) is 0 Å². The van der Waals surface area contributed by atoms with E-state index in [4.69, 9.17) is 0 Å². The minimum absolute atomic E-state index is 0.259. The molecule has 3 atom stereocenters. The molecule has 3 heterocycles. The summed E-state index contributed by atoms with van der Waals surface area (Å²) in [6, 6.07) is 0.660. The zero-order valence-corrected chi connectivity index (χ0v) is 15.2. The number of H-pyrrole nitrogens is 1. The zero-order chi connectivity index (χ0) is 17.2. The fourth-order valence-corrected chi connectivity index (χ4v) is 4.70. The molecule has 0 amide bonds. The van der Waals surface area contributed by atoms with E-state index in [0.717, 1.165) is 18.9 Å². The van der Waals surface area contributed by atoms with E-state index in [0.29, 0.717) is 17.9 Å². The molecular weight excluding hydrogens is 314 g/mol. The Bertz CT molecular complexity index is 659. The second-order valence-electron chi connectivity index (χ2n) is 7.78. The quantitative estimate of drug-likeness (QED) is 0.867. The summed E-state index contributed by atoms with van der Waals surface area (Å²) in [5.74, 6) is 2.08. The summed E-state index contributed by atoms with van der Waals surface area (Å²) < 4.78 is 2.16. The van der Waals surface area contributed by atoms with Gasteiger partial charge in [-0.3, -0.25) is 5.10 Å². The number of likely N-dealkylation sites (tertiary alicyclic amines) is 1. The van der Waals surface area contributed by atoms with Crippen LogP contribution in [0.2, 0.25) is 0 Å². The molecule has 0 radical (unpaired) electrons. The molecule has 7 nitrogen and oxygen atoms in total. The van der Waals surface area contributed by atoms with Crippen LogP contribution in [0.1, 0.15) is 55.6 Å². The minimum atomic E-state index is 0.259. The van der Waals surface area contributed by atoms with Crippen LogP contribution in [0.15, 0.2) is 18.9 Å². The molecule has 1 saturated heterocycles. The van der Waals surface area contributed by atoms with Crippen molar-refractivity contribution in [1.82, 2.24) is 34.9 Å². The van der Waals surface area contributed by atoms with Crippen LogP contribution in [-0.4, -0.2) is 55.8 Å². The highest BCUT2D eigenvalue weighted by molar-refractivity contribution is 5.15. The average Bonchev–Trinajstić information content (AvgIpc) is 3.35. The minimum Gasteiger partial charge on any atom is -0.337 e. The Labute approximate surface area is 149 Å². The molecule has 2 N–H and O–H groups in total. The third kappa shape index (κ3) is 3.48. The lowest BCUT2D eigenvalue weighted by atomic mass is 9.82. The van der Waals surface area contributed by atoms with Gasteiger partial charge in [0.25, 0.3) is 0 Å². The van der Waals surface area contributed by atoms with Gasteiger partial charge in [-0.1, -0.05) is 19.3 Å². The van der Waals surface area contributed by atoms with E-state index in [1.165, 1.54) is 37.8 Å². The third-order valence-electron chi connectivity index (χ3n) is 5.98. The van der Waals surface area contributed by atoms with Crippen LogP contribution >= 0.6 is 0 Å². The van der Waals surface area contributed by atoms with Gasteiger partial charge >= 0.3 is 0 Å². The van der Waals surface area contributed by atoms with E-state index in [-0.39, 0.29) is 6.04 Å². The molecular formula is C18H29N7. The van der Waals surface area contributed by atoms with Crippen molar-refractivity contribution in [3.63, 3.8) is 0 Å². The predicted octanol–water partition coefficient (Wildman–Crippen LogP) is 1.85. The first-order valence-corrected chi connectivity index (χ1v) is 9.48. The van der Waals surface area contributed by atoms with E-state index in [1.54, 1.807) is 6.33 Å². The van der Waals surface area contributed by atoms with Gasteiger partial charge in [-0.25, -0.2) is 9.97 Å². The standard InChI is InChI=1S/C18H29N7/c1-24-9-14(16-8-19-12-25(16)2)15(10-24)22-17(18-20-11-21-23-18)13-6-4-3-5-7-13/h8,11-15,17,22H,3-7,9-10H2,1-2H3,(H,20,21,23)/t14-,15-,17?/m1/s1. The number of aromatic amines is 1. The summed E-state index contributed by atoms with van der Waals surface area (Å²) >= 11 is 0. The Morgan fingerprint density at radius 1 is 1.20 bits per heavy atom. The lowest BCUT2D eigenvalue weighted by molar-refractivity contribution is 0.241. The van der Waals surface area contributed by atoms with Gasteiger partial charge in [0.1, 0.15) is 12.2 Å². The van der Waals surface area contributed by atoms with Gasteiger partial charge in [0, 0.05) is 44.0 Å². The largest absolute Gasteiger partial charge is 0.337 e. The van der Waals surface area contributed by atoms with Gasteiger partial charge in [0.2, 0.25) is 0 Å². The SMILES string of the molecule is CN1C[C@@H](NC(c2ncn[nH]2)C2CCCCC2)[C@H](c2cncn2C)C1. The average molecular weight is 343 g/mol. The summed E-state index contributed by atoms with van der Waals surface area (Å²) in [6.07, 6.45) is 12.1. The smallest absolute Gasteiger partial charge is 0.141 e. The molecule has 0 bridgehead atoms. The summed E-state index contributed by atoms with van der Waals surface area (Å²) in [5.41, 5.74) is 1.31. The highest BCUT2D eigenvalue weighted by atomic mass is 15.2. The van der Waals surface area contributed by atoms with Crippen molar-refractivity contribution in [1.29, 1.82) is 0 Å². The summed E-state index contributed by atoms with van der Waals surface area (Å²) in [4.78, 5) is 11.2. The van der Waals surface area contributed by atoms with Crippen molar-refractivity contribution in [3.05, 3.63) is 30.4 Å². The normalized spacial score (nSPS) is 27.0. The summed E-state index contributed by atoms with van der Waals surface area (Å²) in [6.45, 7) is 2.11. The van der Waals surface area contributed by atoms with Crippen LogP contribution in [0.5, 0.6) is 0 Å². The van der Waals surface area contributed by atoms with E-state index in [2.05, 4.69) is 49.0 Å². The zero-order valence-electron chi connectivity index (χ0n) is 15.2. The van der Waals surface area contributed by atoms with Crippen LogP contribution < -0.4 is 5.32 Å². The molecule has 1 unspecified atom stereocenters. The maximum atomic E-state index is 4.50. The monoisotopic (exact) mass is 343 g/mol. The van der Waals surface area contributed by atoms with Crippen LogP contribution in [0, 0.1) is 5.92 Å². The molecule has 0 spiro atoms. The van der Waals surface area contributed by atoms with Gasteiger partial charge < -0.3 is 14.8 Å². The summed E-state index contributed by atoms with van der Waals surface area (Å²) in [5, 5.41) is 11.2. The van der Waals surface area contributed by atoms with Gasteiger partial charge in [0.05, 0.1) is 12.4 Å². The van der Waals surface area contributed by atoms with Crippen LogP contribution in [0.25, 0.3) is 0 Å². The predicted molar refractivity (Wildman–Crippen MR) is 96.1 cm³/mol. The molecule has 1 aliphatic heterocycles. The second kappa shape index (κ2) is 7.25. The lowest BCUT2D eigenvalue weighted by Crippen LogP contribution is -2.42. The van der Waals surface area contributed by atoms with E-state index in [1.807, 2.05) is 12.5 Å². The van der Waals surface area contributed by atoms with Crippen molar-refractivity contribution in [3.8, 4) is 0 Å². The number of aromatic nitrogens is 5. The third-order valence-corrected chi connectivity index (χ3v) is 5.98. The van der Waals surface area contributed by atoms with Crippen molar-refractivity contribution in [2.75, 3.05) is 20.1 Å². The second-order valence-corrected chi connectivity index (χ2v) is 7.78. The van der Waals surface area contributed by atoms with E-state index >= 15 is 0 Å². The van der Waals surface area contributed by atoms with Crippen LogP contribution in [0.3, 0.4) is 0 Å². The first-order chi connectivity index (χ1) is 12.2. The Hall–Kier alpha value is -1.73. The number of nitrogens with zero attached hydrogens (tertiary/aromatic N) is 5. The highest BCUT2D eigenvalue weighted by Gasteiger charge is 2.37. The number of likely N-dealkylation sites (N-methyl/N-ethyl adjacent to an activating group) is 1. The Morgan fingerprint density at radius 2 is 2.04 bits per heavy atom. The van der Waals surface area contributed by atoms with Gasteiger partial charge in [-0.15, -0.1) is 0 Å². The fourth-order valence-electron chi connectivity index (χ4n) is 4.70. The molecule has 1 saturated carbocycles. The first-order valence-electron chi connectivity index (χ1n) is 9.48. The number of hydrogen-bond donors (Lipinski definition) is 2. The maximum absolute atomic E-state index is 4.50. The first kappa shape index (κ1) is 16.7. The Morgan fingerprint density at radius 3 is 2.72 bits per heavy atom. The molecule has 2 aromatic rings. The van der Waals surface area contributed by atoms with E-state index in [9.17, 15) is 0 Å². The molecule has 2 fully saturated rings. The number of nitrogens with one attached hydrogen (secondary N) is 2. The Balaban J connectivity index is 1.56. The molecule has 7 heteroatoms. The topological polar surface area (TPSA) is 74.7 Å². The van der Waals surface area contributed by atoms with Crippen LogP contribution in [-0.2, 0) is 7.05 Å². The van der Waals surface area contributed by atoms with Gasteiger partial charge in [-0.05, 0) is 25.8 Å². The van der Waals surface area contributed by atoms with Crippen molar-refractivity contribution in [2.24, 2.45) is 13.0 Å². The van der Waals surface area contributed by atoms with Crippen molar-refractivity contribution < 1.29 is 0 Å². The number of rotatable bonds is 5. The molecule has 2 aliphatic rings. The molecule has 2 aromatic heterocycles. The van der Waals surface area contributed by atoms with Gasteiger partial charge in [-0.2, -0.15) is 5.10 Å². The number of imidazole rings is 1. The highest BCUT2D eigenvalue weighted by Crippen LogP contribution is 2.35.